The van der Waals surface area contributed by atoms with Crippen molar-refractivity contribution in [2.45, 2.75) is 19.3 Å². The van der Waals surface area contributed by atoms with E-state index in [9.17, 15) is 14.7 Å². The van der Waals surface area contributed by atoms with Gasteiger partial charge in [-0.1, -0.05) is 6.07 Å². The molecule has 0 bridgehead atoms. The Morgan fingerprint density at radius 3 is 2.64 bits per heavy atom. The van der Waals surface area contributed by atoms with Crippen LogP contribution >= 0.6 is 11.3 Å². The highest BCUT2D eigenvalue weighted by molar-refractivity contribution is 7.10. The predicted molar refractivity (Wildman–Crippen MR) is 101 cm³/mol. The average molecular weight is 356 g/mol. The molecule has 2 heterocycles. The van der Waals surface area contributed by atoms with E-state index in [-0.39, 0.29) is 11.5 Å². The summed E-state index contributed by atoms with van der Waals surface area (Å²) in [6.07, 6.45) is 6.52. The molecule has 1 aliphatic heterocycles. The fraction of sp³-hybridized carbons (Fsp3) is 0.263. The predicted octanol–water partition coefficient (Wildman–Crippen LogP) is 4.09. The molecule has 1 fully saturated rings. The number of hydrogen-bond donors (Lipinski definition) is 2. The van der Waals surface area contributed by atoms with Gasteiger partial charge in [-0.25, -0.2) is 4.79 Å². The molecule has 2 aromatic rings. The van der Waals surface area contributed by atoms with E-state index < -0.39 is 5.97 Å². The Balaban J connectivity index is 1.74. The first-order valence-corrected chi connectivity index (χ1v) is 9.16. The summed E-state index contributed by atoms with van der Waals surface area (Å²) in [7, 11) is 0. The number of anilines is 2. The molecule has 0 radical (unpaired) electrons. The summed E-state index contributed by atoms with van der Waals surface area (Å²) in [5.41, 5.74) is 1.43. The lowest BCUT2D eigenvalue weighted by molar-refractivity contribution is -0.111. The average Bonchev–Trinajstić information content (AvgIpc) is 3.14. The van der Waals surface area contributed by atoms with E-state index in [1.165, 1.54) is 18.6 Å². The summed E-state index contributed by atoms with van der Waals surface area (Å²) in [5, 5.41) is 14.2. The summed E-state index contributed by atoms with van der Waals surface area (Å²) < 4.78 is 0. The number of aromatic carboxylic acids is 1. The summed E-state index contributed by atoms with van der Waals surface area (Å²) >= 11 is 1.55. The van der Waals surface area contributed by atoms with Crippen LogP contribution in [0.15, 0.2) is 41.8 Å². The van der Waals surface area contributed by atoms with Crippen molar-refractivity contribution in [2.24, 2.45) is 0 Å². The van der Waals surface area contributed by atoms with Gasteiger partial charge >= 0.3 is 5.97 Å². The van der Waals surface area contributed by atoms with Crippen molar-refractivity contribution in [1.82, 2.24) is 0 Å². The lowest BCUT2D eigenvalue weighted by Gasteiger charge is -2.30. The van der Waals surface area contributed by atoms with Gasteiger partial charge in [0.15, 0.2) is 0 Å². The van der Waals surface area contributed by atoms with Gasteiger partial charge in [0.1, 0.15) is 0 Å². The summed E-state index contributed by atoms with van der Waals surface area (Å²) in [6, 6.07) is 8.91. The normalized spacial score (nSPS) is 14.6. The maximum absolute atomic E-state index is 12.0. The molecule has 0 unspecified atom stereocenters. The van der Waals surface area contributed by atoms with E-state index in [1.54, 1.807) is 29.5 Å². The number of carboxylic acid groups (broad SMARTS) is 1. The first-order valence-electron chi connectivity index (χ1n) is 8.28. The summed E-state index contributed by atoms with van der Waals surface area (Å²) in [6.45, 7) is 1.74. The maximum Gasteiger partial charge on any atom is 0.337 e. The number of piperidine rings is 1. The molecule has 3 rings (SSSR count). The standard InChI is InChI=1S/C19H20N2O3S/c22-18(9-7-15-5-4-12-25-15)20-14-6-8-17(16(13-14)19(23)24)21-10-2-1-3-11-21/h4-9,12-13H,1-3,10-11H2,(H,20,22)(H,23,24)/b9-7+. The van der Waals surface area contributed by atoms with Crippen LogP contribution < -0.4 is 10.2 Å². The molecular weight excluding hydrogens is 336 g/mol. The second kappa shape index (κ2) is 7.98. The number of nitrogens with zero attached hydrogens (tertiary/aromatic N) is 1. The van der Waals surface area contributed by atoms with E-state index in [0.717, 1.165) is 36.5 Å². The summed E-state index contributed by atoms with van der Waals surface area (Å²) in [4.78, 5) is 26.8. The van der Waals surface area contributed by atoms with Crippen LogP contribution in [0, 0.1) is 0 Å². The molecule has 1 aromatic heterocycles. The SMILES string of the molecule is O=C(/C=C/c1cccs1)Nc1ccc(N2CCCCC2)c(C(=O)O)c1. The second-order valence-corrected chi connectivity index (χ2v) is 6.90. The first kappa shape index (κ1) is 17.2. The number of nitrogens with one attached hydrogen (secondary N) is 1. The molecule has 0 atom stereocenters. The van der Waals surface area contributed by atoms with Gasteiger partial charge in [-0.2, -0.15) is 0 Å². The van der Waals surface area contributed by atoms with Crippen molar-refractivity contribution in [3.63, 3.8) is 0 Å². The topological polar surface area (TPSA) is 69.6 Å². The number of carbonyl (C=O) groups excluding carboxylic acids is 1. The second-order valence-electron chi connectivity index (χ2n) is 5.92. The van der Waals surface area contributed by atoms with Crippen molar-refractivity contribution in [1.29, 1.82) is 0 Å². The Bertz CT molecular complexity index is 778. The molecule has 130 valence electrons. The Morgan fingerprint density at radius 1 is 1.16 bits per heavy atom. The number of carbonyl (C=O) groups is 2. The zero-order valence-corrected chi connectivity index (χ0v) is 14.6. The Labute approximate surface area is 150 Å². The quantitative estimate of drug-likeness (QED) is 0.792. The molecule has 0 aliphatic carbocycles. The molecule has 0 spiro atoms. The highest BCUT2D eigenvalue weighted by Gasteiger charge is 2.18. The molecule has 1 amide bonds. The van der Waals surface area contributed by atoms with Crippen LogP contribution in [0.2, 0.25) is 0 Å². The van der Waals surface area contributed by atoms with Gasteiger partial charge in [-0.05, 0) is 55.0 Å². The molecule has 5 nitrogen and oxygen atoms in total. The molecule has 1 saturated heterocycles. The molecule has 1 aliphatic rings. The van der Waals surface area contributed by atoms with E-state index >= 15 is 0 Å². The lowest BCUT2D eigenvalue weighted by Crippen LogP contribution is -2.30. The van der Waals surface area contributed by atoms with Gasteiger partial charge in [0.05, 0.1) is 11.3 Å². The highest BCUT2D eigenvalue weighted by atomic mass is 32.1. The third kappa shape index (κ3) is 4.48. The van der Waals surface area contributed by atoms with Crippen LogP contribution in [-0.2, 0) is 4.79 Å². The molecule has 0 saturated carbocycles. The Morgan fingerprint density at radius 2 is 1.96 bits per heavy atom. The molecule has 2 N–H and O–H groups in total. The van der Waals surface area contributed by atoms with Gasteiger partial charge < -0.3 is 15.3 Å². The highest BCUT2D eigenvalue weighted by Crippen LogP contribution is 2.27. The van der Waals surface area contributed by atoms with Crippen LogP contribution in [0.1, 0.15) is 34.5 Å². The van der Waals surface area contributed by atoms with Gasteiger partial charge in [0.25, 0.3) is 0 Å². The van der Waals surface area contributed by atoms with Crippen LogP contribution in [0.3, 0.4) is 0 Å². The van der Waals surface area contributed by atoms with Crippen molar-refractivity contribution in [3.05, 3.63) is 52.2 Å². The minimum atomic E-state index is -0.981. The van der Waals surface area contributed by atoms with Crippen LogP contribution in [0.5, 0.6) is 0 Å². The fourth-order valence-electron chi connectivity index (χ4n) is 2.92. The van der Waals surface area contributed by atoms with Crippen molar-refractivity contribution in [3.8, 4) is 0 Å². The minimum Gasteiger partial charge on any atom is -0.478 e. The van der Waals surface area contributed by atoms with Gasteiger partial charge in [0.2, 0.25) is 5.91 Å². The van der Waals surface area contributed by atoms with Crippen molar-refractivity contribution in [2.75, 3.05) is 23.3 Å². The van der Waals surface area contributed by atoms with Crippen molar-refractivity contribution >= 4 is 40.7 Å². The van der Waals surface area contributed by atoms with Crippen LogP contribution in [0.4, 0.5) is 11.4 Å². The van der Waals surface area contributed by atoms with E-state index in [2.05, 4.69) is 10.2 Å². The monoisotopic (exact) mass is 356 g/mol. The molecule has 6 heteroatoms. The third-order valence-corrected chi connectivity index (χ3v) is 4.97. The van der Waals surface area contributed by atoms with Crippen molar-refractivity contribution < 1.29 is 14.7 Å². The molecule has 1 aromatic carbocycles. The van der Waals surface area contributed by atoms with Gasteiger partial charge in [-0.15, -0.1) is 11.3 Å². The first-order chi connectivity index (χ1) is 12.1. The van der Waals surface area contributed by atoms with E-state index in [1.807, 2.05) is 17.5 Å². The number of benzene rings is 1. The minimum absolute atomic E-state index is 0.224. The van der Waals surface area contributed by atoms with Gasteiger partial charge in [-0.3, -0.25) is 4.79 Å². The zero-order valence-electron chi connectivity index (χ0n) is 13.8. The number of hydrogen-bond acceptors (Lipinski definition) is 4. The third-order valence-electron chi connectivity index (χ3n) is 4.13. The summed E-state index contributed by atoms with van der Waals surface area (Å²) in [5.74, 6) is -1.26. The zero-order chi connectivity index (χ0) is 17.6. The number of carboxylic acids is 1. The lowest BCUT2D eigenvalue weighted by atomic mass is 10.1. The van der Waals surface area contributed by atoms with E-state index in [0.29, 0.717) is 5.69 Å². The van der Waals surface area contributed by atoms with E-state index in [4.69, 9.17) is 0 Å². The Kier molecular flexibility index (Phi) is 5.50. The molecular formula is C19H20N2O3S. The number of thiophene rings is 1. The molecule has 25 heavy (non-hydrogen) atoms. The number of amides is 1. The van der Waals surface area contributed by atoms with Gasteiger partial charge in [0, 0.05) is 29.7 Å². The fourth-order valence-corrected chi connectivity index (χ4v) is 3.54. The largest absolute Gasteiger partial charge is 0.478 e. The Hall–Kier alpha value is -2.60. The van der Waals surface area contributed by atoms with Crippen LogP contribution in [-0.4, -0.2) is 30.1 Å². The van der Waals surface area contributed by atoms with Crippen LogP contribution in [0.25, 0.3) is 6.08 Å². The number of rotatable bonds is 5. The smallest absolute Gasteiger partial charge is 0.337 e. The maximum atomic E-state index is 12.0.